The SMILES string of the molecule is CC.CC.CCOCc1cccc(F)ccc(OCC)c2c1CCCC2=O.CCOc1c2c(c(OCC)c3ccc(F)cc13)C(=O)N(c1ccc(CC(=O)O)cc1)C2.Nc1ccc(CCC(=O)O)cc1. The maximum absolute atomic E-state index is 14.1. The molecule has 0 spiro atoms. The Balaban J connectivity index is 0.000000291. The number of ketones is 1. The molecule has 1 amide bonds. The van der Waals surface area contributed by atoms with Crippen molar-refractivity contribution in [3.05, 3.63) is 148 Å². The largest absolute Gasteiger partial charge is 0.493 e. The number of carboxylic acid groups (broad SMARTS) is 2. The summed E-state index contributed by atoms with van der Waals surface area (Å²) < 4.78 is 50.7. The molecule has 1 aliphatic heterocycles. The summed E-state index contributed by atoms with van der Waals surface area (Å²) in [4.78, 5) is 48.7. The van der Waals surface area contributed by atoms with Gasteiger partial charge in [-0.05, 0) is 130 Å². The highest BCUT2D eigenvalue weighted by Gasteiger charge is 2.37. The number of hydrogen-bond acceptors (Lipinski definition) is 9. The number of nitrogens with zero attached hydrogens (tertiary/aromatic N) is 1. The summed E-state index contributed by atoms with van der Waals surface area (Å²) in [7, 11) is 0. The normalized spacial score (nSPS) is 11.9. The molecule has 5 aromatic rings. The molecule has 4 N–H and O–H groups in total. The quantitative estimate of drug-likeness (QED) is 0.0852. The number of ether oxygens (including phenoxy) is 4. The van der Waals surface area contributed by atoms with E-state index in [2.05, 4.69) is 0 Å². The van der Waals surface area contributed by atoms with E-state index in [1.165, 1.54) is 24.3 Å². The minimum atomic E-state index is -0.918. The van der Waals surface area contributed by atoms with Gasteiger partial charge in [0.25, 0.3) is 5.91 Å². The molecule has 2 aliphatic rings. The topological polar surface area (TPSA) is 175 Å². The van der Waals surface area contributed by atoms with E-state index in [1.807, 2.05) is 73.6 Å². The number of benzene rings is 4. The van der Waals surface area contributed by atoms with E-state index < -0.39 is 17.8 Å². The third kappa shape index (κ3) is 16.0. The van der Waals surface area contributed by atoms with Crippen LogP contribution in [0.2, 0.25) is 0 Å². The van der Waals surface area contributed by atoms with Crippen LogP contribution in [0.4, 0.5) is 20.2 Å². The first-order valence-corrected chi connectivity index (χ1v) is 23.9. The highest BCUT2D eigenvalue weighted by Crippen LogP contribution is 2.46. The molecule has 0 fully saturated rings. The van der Waals surface area contributed by atoms with Gasteiger partial charge in [-0.2, -0.15) is 0 Å². The first kappa shape index (κ1) is 57.3. The van der Waals surface area contributed by atoms with Crippen molar-refractivity contribution in [2.24, 2.45) is 0 Å². The molecule has 0 saturated heterocycles. The average Bonchev–Trinajstić information content (AvgIpc) is 3.70. The van der Waals surface area contributed by atoms with Crippen LogP contribution in [0, 0.1) is 11.6 Å². The third-order valence-electron chi connectivity index (χ3n) is 10.6. The highest BCUT2D eigenvalue weighted by atomic mass is 19.1. The van der Waals surface area contributed by atoms with E-state index in [-0.39, 0.29) is 36.9 Å². The number of carbonyl (C=O) groups excluding carboxylic acids is 2. The van der Waals surface area contributed by atoms with Crippen molar-refractivity contribution < 1.29 is 57.1 Å². The molecular weight excluding hydrogens is 899 g/mol. The lowest BCUT2D eigenvalue weighted by molar-refractivity contribution is -0.137. The monoisotopic (exact) mass is 966 g/mol. The van der Waals surface area contributed by atoms with E-state index in [9.17, 15) is 28.0 Å². The van der Waals surface area contributed by atoms with Crippen LogP contribution >= 0.6 is 0 Å². The molecule has 1 aliphatic carbocycles. The fourth-order valence-corrected chi connectivity index (χ4v) is 7.63. The molecule has 0 radical (unpaired) electrons. The van der Waals surface area contributed by atoms with Gasteiger partial charge in [-0.25, -0.2) is 8.78 Å². The van der Waals surface area contributed by atoms with Gasteiger partial charge in [-0.3, -0.25) is 19.2 Å². The van der Waals surface area contributed by atoms with Gasteiger partial charge in [0.1, 0.15) is 28.9 Å². The zero-order valence-corrected chi connectivity index (χ0v) is 41.7. The van der Waals surface area contributed by atoms with E-state index in [1.54, 1.807) is 59.5 Å². The minimum absolute atomic E-state index is 0.0479. The second-order valence-corrected chi connectivity index (χ2v) is 15.2. The predicted molar refractivity (Wildman–Crippen MR) is 272 cm³/mol. The third-order valence-corrected chi connectivity index (χ3v) is 10.6. The fourth-order valence-electron chi connectivity index (χ4n) is 7.63. The molecule has 5 aromatic carbocycles. The summed E-state index contributed by atoms with van der Waals surface area (Å²) in [6.07, 6.45) is 2.75. The summed E-state index contributed by atoms with van der Waals surface area (Å²) in [5.74, 6) is -1.32. The van der Waals surface area contributed by atoms with Gasteiger partial charge in [0.2, 0.25) is 0 Å². The molecule has 0 unspecified atom stereocenters. The second-order valence-electron chi connectivity index (χ2n) is 15.2. The van der Waals surface area contributed by atoms with Crippen LogP contribution in [0.5, 0.6) is 17.2 Å². The Kier molecular flexibility index (Phi) is 24.3. The lowest BCUT2D eigenvalue weighted by Crippen LogP contribution is -2.23. The van der Waals surface area contributed by atoms with Gasteiger partial charge in [-0.15, -0.1) is 0 Å². The standard InChI is InChI=1S/C24H22FNO5.C19H23FO3.C9H11NO2.2C2H6/c1-3-30-22-18-12-15(25)7-10-17(18)23(31-4-2)21-19(22)13-26(24(21)29)16-8-5-14(6-9-16)11-20(27)28;1-3-22-13-14-7-5-8-15(20)11-12-18(23-4-2)19-16(14)9-6-10-17(19)21;10-8-4-1-7(2-5-8)3-6-9(11)12;2*1-2/h5-10,12H,3-4,11,13H2,1-2H3,(H,27,28);5,7-8,11-12H,3-4,6,9-10,13H2,1-2H3;1-2,4-5H,3,6,10H2,(H,11,12);2*1-2H3. The Bertz CT molecular complexity index is 2580. The van der Waals surface area contributed by atoms with Crippen molar-refractivity contribution in [3.8, 4) is 17.2 Å². The number of amides is 1. The number of aryl methyl sites for hydroxylation is 1. The molecule has 376 valence electrons. The van der Waals surface area contributed by atoms with Gasteiger partial charge < -0.3 is 39.8 Å². The number of halogens is 2. The van der Waals surface area contributed by atoms with Crippen molar-refractivity contribution in [2.75, 3.05) is 37.1 Å². The molecule has 0 saturated carbocycles. The highest BCUT2D eigenvalue weighted by molar-refractivity contribution is 6.17. The number of carboxylic acids is 2. The maximum Gasteiger partial charge on any atom is 0.307 e. The van der Waals surface area contributed by atoms with Crippen LogP contribution < -0.4 is 24.8 Å². The number of carbonyl (C=O) groups is 4. The Morgan fingerprint density at radius 3 is 1.90 bits per heavy atom. The summed E-state index contributed by atoms with van der Waals surface area (Å²) in [6, 6.07) is 26.2. The number of hydrogen-bond donors (Lipinski definition) is 3. The van der Waals surface area contributed by atoms with E-state index in [4.69, 9.17) is 34.9 Å². The Hall–Kier alpha value is -7.06. The van der Waals surface area contributed by atoms with Crippen molar-refractivity contribution in [2.45, 2.75) is 107 Å². The molecular formula is C56H68F2N2O10. The fraction of sp³-hybridized carbons (Fsp3) is 0.357. The van der Waals surface area contributed by atoms with Crippen LogP contribution in [-0.4, -0.2) is 60.3 Å². The lowest BCUT2D eigenvalue weighted by Gasteiger charge is -2.19. The van der Waals surface area contributed by atoms with E-state index in [0.29, 0.717) is 108 Å². The van der Waals surface area contributed by atoms with Crippen LogP contribution in [0.25, 0.3) is 10.8 Å². The van der Waals surface area contributed by atoms with Crippen molar-refractivity contribution >= 4 is 45.8 Å². The van der Waals surface area contributed by atoms with Crippen LogP contribution in [0.3, 0.4) is 0 Å². The molecule has 14 heteroatoms. The lowest BCUT2D eigenvalue weighted by atomic mass is 9.88. The summed E-state index contributed by atoms with van der Waals surface area (Å²) in [5, 5.41) is 18.6. The number of fused-ring (bicyclic) bond motifs is 3. The van der Waals surface area contributed by atoms with Crippen LogP contribution in [0.15, 0.2) is 97.1 Å². The van der Waals surface area contributed by atoms with Crippen molar-refractivity contribution in [1.29, 1.82) is 0 Å². The van der Waals surface area contributed by atoms with Crippen LogP contribution in [0.1, 0.15) is 123 Å². The number of Topliss-reactive ketones (excluding diaryl/α,β-unsaturated/α-hetero) is 1. The summed E-state index contributed by atoms with van der Waals surface area (Å²) in [5.41, 5.74) is 12.0. The number of rotatable bonds is 15. The summed E-state index contributed by atoms with van der Waals surface area (Å²) in [6.45, 7) is 17.8. The Morgan fingerprint density at radius 1 is 0.657 bits per heavy atom. The van der Waals surface area contributed by atoms with Gasteiger partial charge in [0, 0.05) is 47.2 Å². The van der Waals surface area contributed by atoms with Crippen LogP contribution in [-0.2, 0) is 46.7 Å². The van der Waals surface area contributed by atoms with Gasteiger partial charge >= 0.3 is 11.9 Å². The molecule has 12 nitrogen and oxygen atoms in total. The summed E-state index contributed by atoms with van der Waals surface area (Å²) >= 11 is 0. The number of nitrogen functional groups attached to an aromatic ring is 1. The molecule has 0 atom stereocenters. The van der Waals surface area contributed by atoms with Crippen molar-refractivity contribution in [1.82, 2.24) is 0 Å². The first-order valence-electron chi connectivity index (χ1n) is 23.9. The zero-order valence-electron chi connectivity index (χ0n) is 41.7. The number of anilines is 2. The molecule has 0 aromatic heterocycles. The first-order chi connectivity index (χ1) is 33.8. The minimum Gasteiger partial charge on any atom is -0.493 e. The average molecular weight is 967 g/mol. The Labute approximate surface area is 410 Å². The van der Waals surface area contributed by atoms with Gasteiger partial charge in [-0.1, -0.05) is 64.1 Å². The molecule has 7 rings (SSSR count). The van der Waals surface area contributed by atoms with Crippen molar-refractivity contribution in [3.63, 3.8) is 0 Å². The number of aliphatic carboxylic acids is 2. The second kappa shape index (κ2) is 29.7. The molecule has 0 bridgehead atoms. The Morgan fingerprint density at radius 2 is 1.29 bits per heavy atom. The van der Waals surface area contributed by atoms with E-state index in [0.717, 1.165) is 29.5 Å². The van der Waals surface area contributed by atoms with E-state index >= 15 is 0 Å². The number of nitrogens with two attached hydrogens (primary N) is 1. The van der Waals surface area contributed by atoms with Gasteiger partial charge in [0.15, 0.2) is 5.78 Å². The van der Waals surface area contributed by atoms with Gasteiger partial charge in [0.05, 0.1) is 50.5 Å². The maximum atomic E-state index is 14.1. The molecule has 1 heterocycles. The zero-order chi connectivity index (χ0) is 51.8. The molecule has 70 heavy (non-hydrogen) atoms. The predicted octanol–water partition coefficient (Wildman–Crippen LogP) is 12.3. The smallest absolute Gasteiger partial charge is 0.307 e.